The van der Waals surface area contributed by atoms with Crippen LogP contribution in [0, 0.1) is 18.2 Å². The Balaban J connectivity index is 2.29. The molecule has 0 aliphatic heterocycles. The van der Waals surface area contributed by atoms with Gasteiger partial charge in [-0.25, -0.2) is 4.39 Å². The fourth-order valence-corrected chi connectivity index (χ4v) is 2.36. The fourth-order valence-electron chi connectivity index (χ4n) is 2.36. The number of aromatic nitrogens is 1. The van der Waals surface area contributed by atoms with Gasteiger partial charge in [0.25, 0.3) is 11.8 Å². The summed E-state index contributed by atoms with van der Waals surface area (Å²) in [6, 6.07) is 6.09. The third-order valence-corrected chi connectivity index (χ3v) is 3.91. The van der Waals surface area contributed by atoms with Crippen LogP contribution >= 0.6 is 0 Å². The molecule has 6 heteroatoms. The molecule has 0 radical (unpaired) electrons. The Labute approximate surface area is 153 Å². The van der Waals surface area contributed by atoms with Crippen molar-refractivity contribution in [1.82, 2.24) is 15.6 Å². The van der Waals surface area contributed by atoms with Crippen LogP contribution in [0.1, 0.15) is 47.1 Å². The van der Waals surface area contributed by atoms with Crippen LogP contribution in [0.3, 0.4) is 0 Å². The molecule has 2 amide bonds. The molecule has 0 saturated heterocycles. The van der Waals surface area contributed by atoms with Gasteiger partial charge in [0.2, 0.25) is 0 Å². The minimum absolute atomic E-state index is 0.0159. The SMILES string of the molecule is CNC(=O)c1cc(F)c(C)c(-c2ccc(C(=O)NCC(C)(C)C)cn2)c1. The predicted octanol–water partition coefficient (Wildman–Crippen LogP) is 3.33. The number of rotatable bonds is 4. The van der Waals surface area contributed by atoms with Crippen LogP contribution in [-0.4, -0.2) is 30.4 Å². The third kappa shape index (κ3) is 4.65. The Hall–Kier alpha value is -2.76. The second kappa shape index (κ2) is 7.64. The highest BCUT2D eigenvalue weighted by Crippen LogP contribution is 2.25. The normalized spacial score (nSPS) is 11.2. The summed E-state index contributed by atoms with van der Waals surface area (Å²) >= 11 is 0. The van der Waals surface area contributed by atoms with Crippen LogP contribution in [0.15, 0.2) is 30.5 Å². The summed E-state index contributed by atoms with van der Waals surface area (Å²) in [5, 5.41) is 5.34. The summed E-state index contributed by atoms with van der Waals surface area (Å²) in [5.41, 5.74) is 2.05. The van der Waals surface area contributed by atoms with E-state index in [4.69, 9.17) is 0 Å². The first-order chi connectivity index (χ1) is 12.1. The highest BCUT2D eigenvalue weighted by molar-refractivity contribution is 5.96. The summed E-state index contributed by atoms with van der Waals surface area (Å²) in [5.74, 6) is -1.06. The van der Waals surface area contributed by atoms with Crippen molar-refractivity contribution < 1.29 is 14.0 Å². The number of hydrogen-bond acceptors (Lipinski definition) is 3. The van der Waals surface area contributed by atoms with Crippen LogP contribution in [0.25, 0.3) is 11.3 Å². The Morgan fingerprint density at radius 1 is 1.12 bits per heavy atom. The quantitative estimate of drug-likeness (QED) is 0.882. The van der Waals surface area contributed by atoms with E-state index in [0.717, 1.165) is 0 Å². The molecule has 0 atom stereocenters. The standard InChI is InChI=1S/C20H24FN3O2/c1-12-15(8-14(9-16(12)21)18(25)22-5)17-7-6-13(10-23-17)19(26)24-11-20(2,3)4/h6-10H,11H2,1-5H3,(H,22,25)(H,24,26). The smallest absolute Gasteiger partial charge is 0.252 e. The van der Waals surface area contributed by atoms with Gasteiger partial charge in [-0.3, -0.25) is 14.6 Å². The predicted molar refractivity (Wildman–Crippen MR) is 99.5 cm³/mol. The number of halogens is 1. The molecule has 0 aliphatic carbocycles. The summed E-state index contributed by atoms with van der Waals surface area (Å²) in [4.78, 5) is 28.3. The molecule has 1 heterocycles. The van der Waals surface area contributed by atoms with Gasteiger partial charge >= 0.3 is 0 Å². The van der Waals surface area contributed by atoms with Crippen molar-refractivity contribution in [2.45, 2.75) is 27.7 Å². The first-order valence-electron chi connectivity index (χ1n) is 8.39. The summed E-state index contributed by atoms with van der Waals surface area (Å²) < 4.78 is 14.2. The Kier molecular flexibility index (Phi) is 5.75. The number of carbonyl (C=O) groups excluding carboxylic acids is 2. The summed E-state index contributed by atoms with van der Waals surface area (Å²) in [6.07, 6.45) is 1.46. The van der Waals surface area contributed by atoms with Crippen molar-refractivity contribution in [3.63, 3.8) is 0 Å². The Morgan fingerprint density at radius 2 is 1.81 bits per heavy atom. The van der Waals surface area contributed by atoms with E-state index in [9.17, 15) is 14.0 Å². The first kappa shape index (κ1) is 19.6. The van der Waals surface area contributed by atoms with Gasteiger partial charge in [-0.05, 0) is 42.2 Å². The van der Waals surface area contributed by atoms with E-state index in [1.54, 1.807) is 25.1 Å². The fraction of sp³-hybridized carbons (Fsp3) is 0.350. The zero-order valence-electron chi connectivity index (χ0n) is 15.7. The lowest BCUT2D eigenvalue weighted by Gasteiger charge is -2.18. The van der Waals surface area contributed by atoms with Gasteiger partial charge in [-0.1, -0.05) is 20.8 Å². The molecule has 5 nitrogen and oxygen atoms in total. The van der Waals surface area contributed by atoms with Gasteiger partial charge in [0, 0.05) is 30.9 Å². The molecule has 0 bridgehead atoms. The molecule has 0 fully saturated rings. The van der Waals surface area contributed by atoms with Gasteiger partial charge in [0.1, 0.15) is 5.82 Å². The molecule has 0 aliphatic rings. The average Bonchev–Trinajstić information content (AvgIpc) is 2.60. The molecule has 138 valence electrons. The number of nitrogens with one attached hydrogen (secondary N) is 2. The Morgan fingerprint density at radius 3 is 2.35 bits per heavy atom. The van der Waals surface area contributed by atoms with Crippen LogP contribution in [0.4, 0.5) is 4.39 Å². The molecular formula is C20H24FN3O2. The molecule has 2 aromatic rings. The van der Waals surface area contributed by atoms with E-state index in [1.165, 1.54) is 19.3 Å². The average molecular weight is 357 g/mol. The van der Waals surface area contributed by atoms with E-state index in [1.807, 2.05) is 20.8 Å². The first-order valence-corrected chi connectivity index (χ1v) is 8.39. The lowest BCUT2D eigenvalue weighted by Crippen LogP contribution is -2.32. The number of hydrogen-bond donors (Lipinski definition) is 2. The van der Waals surface area contributed by atoms with E-state index in [-0.39, 0.29) is 22.8 Å². The molecule has 0 unspecified atom stereocenters. The lowest BCUT2D eigenvalue weighted by molar-refractivity contribution is 0.0936. The Bertz CT molecular complexity index is 824. The van der Waals surface area contributed by atoms with Crippen molar-refractivity contribution in [3.05, 3.63) is 53.0 Å². The number of benzene rings is 1. The molecule has 2 rings (SSSR count). The number of nitrogens with zero attached hydrogens (tertiary/aromatic N) is 1. The highest BCUT2D eigenvalue weighted by atomic mass is 19.1. The van der Waals surface area contributed by atoms with Gasteiger partial charge in [0.05, 0.1) is 11.3 Å². The summed E-state index contributed by atoms with van der Waals surface area (Å²) in [6.45, 7) is 8.28. The van der Waals surface area contributed by atoms with Crippen molar-refractivity contribution >= 4 is 11.8 Å². The van der Waals surface area contributed by atoms with Crippen molar-refractivity contribution in [2.75, 3.05) is 13.6 Å². The van der Waals surface area contributed by atoms with Crippen molar-refractivity contribution in [1.29, 1.82) is 0 Å². The van der Waals surface area contributed by atoms with E-state index < -0.39 is 5.82 Å². The molecule has 26 heavy (non-hydrogen) atoms. The largest absolute Gasteiger partial charge is 0.355 e. The van der Waals surface area contributed by atoms with Crippen LogP contribution in [0.2, 0.25) is 0 Å². The van der Waals surface area contributed by atoms with Gasteiger partial charge < -0.3 is 10.6 Å². The molecule has 1 aromatic carbocycles. The maximum atomic E-state index is 14.2. The molecular weight excluding hydrogens is 333 g/mol. The number of carbonyl (C=O) groups is 2. The zero-order chi connectivity index (χ0) is 19.5. The van der Waals surface area contributed by atoms with Crippen LogP contribution in [-0.2, 0) is 0 Å². The zero-order valence-corrected chi connectivity index (χ0v) is 15.7. The maximum Gasteiger partial charge on any atom is 0.252 e. The maximum absolute atomic E-state index is 14.2. The summed E-state index contributed by atoms with van der Waals surface area (Å²) in [7, 11) is 1.49. The lowest BCUT2D eigenvalue weighted by atomic mass is 9.97. The van der Waals surface area contributed by atoms with Gasteiger partial charge in [0.15, 0.2) is 0 Å². The second-order valence-electron chi connectivity index (χ2n) is 7.39. The molecule has 0 spiro atoms. The van der Waals surface area contributed by atoms with E-state index in [0.29, 0.717) is 28.9 Å². The van der Waals surface area contributed by atoms with Crippen molar-refractivity contribution in [3.8, 4) is 11.3 Å². The minimum atomic E-state index is -0.477. The molecule has 2 N–H and O–H groups in total. The van der Waals surface area contributed by atoms with E-state index in [2.05, 4.69) is 15.6 Å². The minimum Gasteiger partial charge on any atom is -0.355 e. The van der Waals surface area contributed by atoms with Crippen molar-refractivity contribution in [2.24, 2.45) is 5.41 Å². The highest BCUT2D eigenvalue weighted by Gasteiger charge is 2.16. The van der Waals surface area contributed by atoms with E-state index >= 15 is 0 Å². The van der Waals surface area contributed by atoms with Crippen LogP contribution in [0.5, 0.6) is 0 Å². The number of amides is 2. The number of pyridine rings is 1. The topological polar surface area (TPSA) is 71.1 Å². The monoisotopic (exact) mass is 357 g/mol. The van der Waals surface area contributed by atoms with Gasteiger partial charge in [-0.15, -0.1) is 0 Å². The third-order valence-electron chi connectivity index (χ3n) is 3.91. The van der Waals surface area contributed by atoms with Gasteiger partial charge in [-0.2, -0.15) is 0 Å². The van der Waals surface area contributed by atoms with Crippen LogP contribution < -0.4 is 10.6 Å². The molecule has 0 saturated carbocycles. The second-order valence-corrected chi connectivity index (χ2v) is 7.39. The molecule has 1 aromatic heterocycles.